The predicted molar refractivity (Wildman–Crippen MR) is 128 cm³/mol. The van der Waals surface area contributed by atoms with Crippen LogP contribution >= 0.6 is 0 Å². The molecule has 35 heavy (non-hydrogen) atoms. The highest BCUT2D eigenvalue weighted by Crippen LogP contribution is 2.22. The number of benzene rings is 2. The van der Waals surface area contributed by atoms with Gasteiger partial charge in [0.1, 0.15) is 11.6 Å². The summed E-state index contributed by atoms with van der Waals surface area (Å²) in [4.78, 5) is 43.0. The van der Waals surface area contributed by atoms with Crippen LogP contribution in [-0.2, 0) is 16.1 Å². The lowest BCUT2D eigenvalue weighted by atomic mass is 9.91. The molecule has 0 aliphatic carbocycles. The average molecular weight is 484 g/mol. The summed E-state index contributed by atoms with van der Waals surface area (Å²) in [6, 6.07) is 12.1. The third-order valence-corrected chi connectivity index (χ3v) is 6.77. The molecule has 0 spiro atoms. The number of imide groups is 1. The Morgan fingerprint density at radius 3 is 2.34 bits per heavy atom. The van der Waals surface area contributed by atoms with Gasteiger partial charge in [-0.2, -0.15) is 0 Å². The Kier molecular flexibility index (Phi) is 8.36. The Labute approximate surface area is 204 Å². The molecule has 2 heterocycles. The molecule has 6 nitrogen and oxygen atoms in total. The average Bonchev–Trinajstić information content (AvgIpc) is 2.83. The van der Waals surface area contributed by atoms with Gasteiger partial charge >= 0.3 is 0 Å². The zero-order valence-corrected chi connectivity index (χ0v) is 19.8. The highest BCUT2D eigenvalue weighted by atomic mass is 19.1. The number of amides is 2. The van der Waals surface area contributed by atoms with Gasteiger partial charge in [0.15, 0.2) is 5.78 Å². The van der Waals surface area contributed by atoms with Gasteiger partial charge in [-0.25, -0.2) is 8.78 Å². The van der Waals surface area contributed by atoms with Gasteiger partial charge in [-0.1, -0.05) is 18.2 Å². The van der Waals surface area contributed by atoms with E-state index >= 15 is 0 Å². The summed E-state index contributed by atoms with van der Waals surface area (Å²) in [6.45, 7) is 3.25. The number of likely N-dealkylation sites (tertiary alicyclic amines) is 1. The van der Waals surface area contributed by atoms with Crippen molar-refractivity contribution >= 4 is 17.6 Å². The van der Waals surface area contributed by atoms with E-state index in [-0.39, 0.29) is 54.8 Å². The zero-order chi connectivity index (χ0) is 24.8. The molecule has 1 unspecified atom stereocenters. The first-order chi connectivity index (χ1) is 16.9. The standard InChI is InChI=1S/C27H31F2N3O3/c28-23-10-8-21(9-11-23)25(33)15-20-5-3-12-30(16-20)13-4-14-32-26(34)18-31(19-27(32)35)17-22-6-1-2-7-24(22)29/h1-2,6-11,20H,3-5,12-19H2. The van der Waals surface area contributed by atoms with E-state index in [9.17, 15) is 23.2 Å². The molecule has 2 saturated heterocycles. The smallest absolute Gasteiger partial charge is 0.243 e. The van der Waals surface area contributed by atoms with Crippen LogP contribution < -0.4 is 0 Å². The Hall–Kier alpha value is -2.97. The van der Waals surface area contributed by atoms with Crippen LogP contribution in [0.2, 0.25) is 0 Å². The number of hydrogen-bond donors (Lipinski definition) is 0. The summed E-state index contributed by atoms with van der Waals surface area (Å²) in [5, 5.41) is 0. The third-order valence-electron chi connectivity index (χ3n) is 6.77. The molecule has 186 valence electrons. The Morgan fingerprint density at radius 1 is 0.914 bits per heavy atom. The number of rotatable bonds is 9. The van der Waals surface area contributed by atoms with E-state index in [0.29, 0.717) is 30.5 Å². The van der Waals surface area contributed by atoms with Crippen molar-refractivity contribution in [1.29, 1.82) is 0 Å². The van der Waals surface area contributed by atoms with Crippen LogP contribution in [-0.4, -0.2) is 71.6 Å². The number of hydrogen-bond acceptors (Lipinski definition) is 5. The van der Waals surface area contributed by atoms with Crippen molar-refractivity contribution in [3.63, 3.8) is 0 Å². The summed E-state index contributed by atoms with van der Waals surface area (Å²) in [5.74, 6) is -0.923. The van der Waals surface area contributed by atoms with Gasteiger partial charge in [0.05, 0.1) is 13.1 Å². The fourth-order valence-electron chi connectivity index (χ4n) is 4.97. The van der Waals surface area contributed by atoms with Crippen LogP contribution in [0.15, 0.2) is 48.5 Å². The van der Waals surface area contributed by atoms with Gasteiger partial charge in [0.2, 0.25) is 11.8 Å². The van der Waals surface area contributed by atoms with E-state index in [0.717, 1.165) is 32.5 Å². The Balaban J connectivity index is 1.21. The number of nitrogens with zero attached hydrogens (tertiary/aromatic N) is 3. The fourth-order valence-corrected chi connectivity index (χ4v) is 4.97. The first-order valence-electron chi connectivity index (χ1n) is 12.2. The topological polar surface area (TPSA) is 60.9 Å². The Morgan fingerprint density at radius 2 is 1.63 bits per heavy atom. The van der Waals surface area contributed by atoms with E-state index in [4.69, 9.17) is 0 Å². The van der Waals surface area contributed by atoms with E-state index < -0.39 is 0 Å². The minimum absolute atomic E-state index is 0.0290. The summed E-state index contributed by atoms with van der Waals surface area (Å²) in [5.41, 5.74) is 1.01. The van der Waals surface area contributed by atoms with E-state index in [2.05, 4.69) is 4.90 Å². The number of piperidine rings is 1. The van der Waals surface area contributed by atoms with Gasteiger partial charge in [-0.15, -0.1) is 0 Å². The molecule has 8 heteroatoms. The number of ketones is 1. The minimum atomic E-state index is -0.353. The maximum Gasteiger partial charge on any atom is 0.243 e. The lowest BCUT2D eigenvalue weighted by Crippen LogP contribution is -2.54. The molecule has 0 bridgehead atoms. The van der Waals surface area contributed by atoms with Crippen LogP contribution in [0.3, 0.4) is 0 Å². The zero-order valence-electron chi connectivity index (χ0n) is 19.8. The molecule has 2 aromatic rings. The van der Waals surface area contributed by atoms with Crippen LogP contribution in [0.25, 0.3) is 0 Å². The lowest BCUT2D eigenvalue weighted by molar-refractivity contribution is -0.151. The summed E-state index contributed by atoms with van der Waals surface area (Å²) < 4.78 is 27.0. The second-order valence-corrected chi connectivity index (χ2v) is 9.47. The van der Waals surface area contributed by atoms with Crippen LogP contribution in [0, 0.1) is 17.6 Å². The predicted octanol–water partition coefficient (Wildman–Crippen LogP) is 3.51. The molecule has 2 aliphatic rings. The van der Waals surface area contributed by atoms with Crippen LogP contribution in [0.4, 0.5) is 8.78 Å². The van der Waals surface area contributed by atoms with Crippen molar-refractivity contribution in [2.45, 2.75) is 32.2 Å². The molecule has 0 radical (unpaired) electrons. The summed E-state index contributed by atoms with van der Waals surface area (Å²) in [7, 11) is 0. The SMILES string of the molecule is O=C(CC1CCCN(CCCN2C(=O)CN(Cc3ccccc3F)CC2=O)C1)c1ccc(F)cc1. The maximum atomic E-state index is 13.9. The van der Waals surface area contributed by atoms with Crippen molar-refractivity contribution in [2.24, 2.45) is 5.92 Å². The van der Waals surface area contributed by atoms with Gasteiger partial charge in [-0.3, -0.25) is 24.2 Å². The van der Waals surface area contributed by atoms with Crippen LogP contribution in [0.5, 0.6) is 0 Å². The molecular formula is C27H31F2N3O3. The number of halogens is 2. The first kappa shape index (κ1) is 25.1. The highest BCUT2D eigenvalue weighted by Gasteiger charge is 2.31. The van der Waals surface area contributed by atoms with Crippen molar-refractivity contribution in [3.8, 4) is 0 Å². The number of Topliss-reactive ketones (excluding diaryl/α,β-unsaturated/α-hetero) is 1. The molecule has 2 aliphatic heterocycles. The molecule has 2 amide bonds. The lowest BCUT2D eigenvalue weighted by Gasteiger charge is -2.35. The highest BCUT2D eigenvalue weighted by molar-refractivity contribution is 5.99. The third kappa shape index (κ3) is 6.80. The van der Waals surface area contributed by atoms with E-state index in [1.165, 1.54) is 35.2 Å². The number of carbonyl (C=O) groups excluding carboxylic acids is 3. The van der Waals surface area contributed by atoms with E-state index in [1.807, 2.05) is 0 Å². The molecule has 2 fully saturated rings. The summed E-state index contributed by atoms with van der Waals surface area (Å²) >= 11 is 0. The quantitative estimate of drug-likeness (QED) is 0.404. The van der Waals surface area contributed by atoms with Crippen molar-refractivity contribution in [1.82, 2.24) is 14.7 Å². The first-order valence-corrected chi connectivity index (χ1v) is 12.2. The van der Waals surface area contributed by atoms with Gasteiger partial charge in [0.25, 0.3) is 0 Å². The molecular weight excluding hydrogens is 452 g/mol. The maximum absolute atomic E-state index is 13.9. The van der Waals surface area contributed by atoms with E-state index in [1.54, 1.807) is 23.1 Å². The molecule has 0 N–H and O–H groups in total. The molecule has 0 aromatic heterocycles. The van der Waals surface area contributed by atoms with Crippen molar-refractivity contribution in [3.05, 3.63) is 71.3 Å². The van der Waals surface area contributed by atoms with Crippen molar-refractivity contribution in [2.75, 3.05) is 39.3 Å². The minimum Gasteiger partial charge on any atom is -0.303 e. The van der Waals surface area contributed by atoms with Gasteiger partial charge in [0, 0.05) is 37.2 Å². The number of piperazine rings is 1. The Bertz CT molecular complexity index is 1040. The fraction of sp³-hybridized carbons (Fsp3) is 0.444. The largest absolute Gasteiger partial charge is 0.303 e. The normalized spacial score (nSPS) is 19.8. The van der Waals surface area contributed by atoms with Crippen molar-refractivity contribution < 1.29 is 23.2 Å². The van der Waals surface area contributed by atoms with Crippen LogP contribution in [0.1, 0.15) is 41.6 Å². The second-order valence-electron chi connectivity index (χ2n) is 9.47. The number of carbonyl (C=O) groups is 3. The van der Waals surface area contributed by atoms with Gasteiger partial charge < -0.3 is 4.90 Å². The summed E-state index contributed by atoms with van der Waals surface area (Å²) in [6.07, 6.45) is 3.07. The molecule has 2 aromatic carbocycles. The monoisotopic (exact) mass is 483 g/mol. The van der Waals surface area contributed by atoms with Gasteiger partial charge in [-0.05, 0) is 68.6 Å². The molecule has 4 rings (SSSR count). The molecule has 1 atom stereocenters. The second kappa shape index (κ2) is 11.6. The molecule has 0 saturated carbocycles.